The van der Waals surface area contributed by atoms with Gasteiger partial charge in [0.05, 0.1) is 5.92 Å². The van der Waals surface area contributed by atoms with Crippen LogP contribution in [0.1, 0.15) is 18.4 Å². The highest BCUT2D eigenvalue weighted by molar-refractivity contribution is 5.92. The van der Waals surface area contributed by atoms with Crippen molar-refractivity contribution >= 4 is 23.6 Å². The van der Waals surface area contributed by atoms with Gasteiger partial charge >= 0.3 is 0 Å². The Morgan fingerprint density at radius 2 is 1.47 bits per heavy atom. The molecule has 0 aromatic heterocycles. The predicted molar refractivity (Wildman–Crippen MR) is 120 cm³/mol. The van der Waals surface area contributed by atoms with Crippen LogP contribution in [0.2, 0.25) is 0 Å². The summed E-state index contributed by atoms with van der Waals surface area (Å²) in [5.41, 5.74) is 2.22. The van der Waals surface area contributed by atoms with E-state index in [0.717, 1.165) is 51.1 Å². The third kappa shape index (κ3) is 4.90. The number of nitrogens with zero attached hydrogens (tertiary/aromatic N) is 3. The maximum atomic E-state index is 13.1. The van der Waals surface area contributed by atoms with Crippen molar-refractivity contribution in [2.24, 2.45) is 5.92 Å². The molecule has 5 nitrogen and oxygen atoms in total. The van der Waals surface area contributed by atoms with Gasteiger partial charge in [0.1, 0.15) is 0 Å². The van der Waals surface area contributed by atoms with E-state index in [0.29, 0.717) is 6.54 Å². The first-order valence-electron chi connectivity index (χ1n) is 10.8. The van der Waals surface area contributed by atoms with Crippen LogP contribution in [0.5, 0.6) is 0 Å². The molecule has 0 N–H and O–H groups in total. The first-order chi connectivity index (χ1) is 14.7. The molecule has 2 amide bonds. The van der Waals surface area contributed by atoms with Crippen LogP contribution in [0.25, 0.3) is 6.08 Å². The van der Waals surface area contributed by atoms with Gasteiger partial charge in [-0.3, -0.25) is 9.59 Å². The van der Waals surface area contributed by atoms with Crippen LogP contribution in [-0.2, 0) is 9.59 Å². The molecular formula is C25H29N3O2. The van der Waals surface area contributed by atoms with E-state index < -0.39 is 0 Å². The molecule has 2 aromatic carbocycles. The van der Waals surface area contributed by atoms with Crippen LogP contribution in [0.3, 0.4) is 0 Å². The Morgan fingerprint density at radius 1 is 0.800 bits per heavy atom. The molecule has 0 spiro atoms. The van der Waals surface area contributed by atoms with Crippen molar-refractivity contribution in [2.75, 3.05) is 44.2 Å². The van der Waals surface area contributed by atoms with Crippen molar-refractivity contribution in [3.8, 4) is 0 Å². The summed E-state index contributed by atoms with van der Waals surface area (Å²) in [5.74, 6) is 0.105. The highest BCUT2D eigenvalue weighted by Gasteiger charge is 2.32. The number of hydrogen-bond donors (Lipinski definition) is 0. The zero-order valence-corrected chi connectivity index (χ0v) is 17.3. The zero-order chi connectivity index (χ0) is 20.8. The Morgan fingerprint density at radius 3 is 2.17 bits per heavy atom. The maximum Gasteiger partial charge on any atom is 0.246 e. The summed E-state index contributed by atoms with van der Waals surface area (Å²) in [4.78, 5) is 31.9. The molecule has 0 saturated carbocycles. The number of rotatable bonds is 4. The Balaban J connectivity index is 1.30. The van der Waals surface area contributed by atoms with Gasteiger partial charge in [0.2, 0.25) is 11.8 Å². The predicted octanol–water partition coefficient (Wildman–Crippen LogP) is 3.29. The van der Waals surface area contributed by atoms with Crippen LogP contribution in [0, 0.1) is 5.92 Å². The summed E-state index contributed by atoms with van der Waals surface area (Å²) >= 11 is 0. The van der Waals surface area contributed by atoms with Gasteiger partial charge < -0.3 is 14.7 Å². The lowest BCUT2D eigenvalue weighted by Crippen LogP contribution is -2.53. The van der Waals surface area contributed by atoms with Gasteiger partial charge in [-0.15, -0.1) is 0 Å². The first kappa shape index (κ1) is 20.2. The Bertz CT molecular complexity index is 874. The Kier molecular flexibility index (Phi) is 6.47. The molecule has 0 bridgehead atoms. The summed E-state index contributed by atoms with van der Waals surface area (Å²) in [7, 11) is 0. The molecule has 2 heterocycles. The quantitative estimate of drug-likeness (QED) is 0.736. The number of benzene rings is 2. The fourth-order valence-corrected chi connectivity index (χ4v) is 4.30. The monoisotopic (exact) mass is 403 g/mol. The highest BCUT2D eigenvalue weighted by atomic mass is 16.2. The van der Waals surface area contributed by atoms with Crippen molar-refractivity contribution in [3.05, 3.63) is 72.3 Å². The average molecular weight is 404 g/mol. The number of hydrogen-bond acceptors (Lipinski definition) is 3. The van der Waals surface area contributed by atoms with E-state index in [9.17, 15) is 9.59 Å². The van der Waals surface area contributed by atoms with Gasteiger partial charge in [0.15, 0.2) is 0 Å². The molecule has 2 fully saturated rings. The van der Waals surface area contributed by atoms with E-state index in [-0.39, 0.29) is 17.7 Å². The lowest BCUT2D eigenvalue weighted by Gasteiger charge is -2.39. The van der Waals surface area contributed by atoms with Gasteiger partial charge in [-0.1, -0.05) is 48.5 Å². The molecule has 156 valence electrons. The first-order valence-corrected chi connectivity index (χ1v) is 10.8. The number of piperazine rings is 1. The SMILES string of the molecule is O=C(/C=C/c1ccccc1)N1CCC[C@H](C(=O)N2CCN(c3ccccc3)CC2)C1. The van der Waals surface area contributed by atoms with Gasteiger partial charge in [0, 0.05) is 51.0 Å². The number of carbonyl (C=O) groups excluding carboxylic acids is 2. The molecule has 0 unspecified atom stereocenters. The fraction of sp³-hybridized carbons (Fsp3) is 0.360. The number of piperidine rings is 1. The minimum absolute atomic E-state index is 0.00903. The molecule has 1 atom stereocenters. The average Bonchev–Trinajstić information content (AvgIpc) is 2.83. The molecular weight excluding hydrogens is 374 g/mol. The summed E-state index contributed by atoms with van der Waals surface area (Å²) in [6.45, 7) is 4.44. The smallest absolute Gasteiger partial charge is 0.246 e. The van der Waals surface area contributed by atoms with Crippen LogP contribution >= 0.6 is 0 Å². The minimum atomic E-state index is -0.0869. The van der Waals surface area contributed by atoms with E-state index in [4.69, 9.17) is 0 Å². The second kappa shape index (κ2) is 9.61. The van der Waals surface area contributed by atoms with Crippen LogP contribution in [0.15, 0.2) is 66.7 Å². The van der Waals surface area contributed by atoms with Crippen molar-refractivity contribution in [1.82, 2.24) is 9.80 Å². The minimum Gasteiger partial charge on any atom is -0.368 e. The van der Waals surface area contributed by atoms with Crippen LogP contribution in [0.4, 0.5) is 5.69 Å². The molecule has 5 heteroatoms. The largest absolute Gasteiger partial charge is 0.368 e. The maximum absolute atomic E-state index is 13.1. The van der Waals surface area contributed by atoms with Crippen molar-refractivity contribution in [2.45, 2.75) is 12.8 Å². The zero-order valence-electron chi connectivity index (χ0n) is 17.3. The molecule has 0 aliphatic carbocycles. The summed E-state index contributed by atoms with van der Waals surface area (Å²) in [5, 5.41) is 0. The number of para-hydroxylation sites is 1. The third-order valence-corrected chi connectivity index (χ3v) is 6.01. The van der Waals surface area contributed by atoms with E-state index in [1.54, 1.807) is 6.08 Å². The summed E-state index contributed by atoms with van der Waals surface area (Å²) < 4.78 is 0. The molecule has 30 heavy (non-hydrogen) atoms. The van der Waals surface area contributed by atoms with Crippen molar-refractivity contribution < 1.29 is 9.59 Å². The second-order valence-electron chi connectivity index (χ2n) is 8.02. The molecule has 0 radical (unpaired) electrons. The van der Waals surface area contributed by atoms with Gasteiger partial charge in [0.25, 0.3) is 0 Å². The van der Waals surface area contributed by atoms with Crippen molar-refractivity contribution in [1.29, 1.82) is 0 Å². The lowest BCUT2D eigenvalue weighted by atomic mass is 9.96. The van der Waals surface area contributed by atoms with E-state index in [1.165, 1.54) is 5.69 Å². The number of carbonyl (C=O) groups is 2. The van der Waals surface area contributed by atoms with Crippen LogP contribution in [-0.4, -0.2) is 60.9 Å². The van der Waals surface area contributed by atoms with E-state index >= 15 is 0 Å². The van der Waals surface area contributed by atoms with Crippen molar-refractivity contribution in [3.63, 3.8) is 0 Å². The molecule has 2 aromatic rings. The number of likely N-dealkylation sites (tertiary alicyclic amines) is 1. The molecule has 4 rings (SSSR count). The normalized spacial score (nSPS) is 19.9. The number of amides is 2. The Labute approximate surface area is 178 Å². The molecule has 2 aliphatic rings. The molecule has 2 aliphatic heterocycles. The third-order valence-electron chi connectivity index (χ3n) is 6.01. The highest BCUT2D eigenvalue weighted by Crippen LogP contribution is 2.22. The van der Waals surface area contributed by atoms with Gasteiger partial charge in [-0.05, 0) is 36.6 Å². The fourth-order valence-electron chi connectivity index (χ4n) is 4.30. The molecule has 2 saturated heterocycles. The topological polar surface area (TPSA) is 43.9 Å². The van der Waals surface area contributed by atoms with Gasteiger partial charge in [-0.2, -0.15) is 0 Å². The van der Waals surface area contributed by atoms with E-state index in [1.807, 2.05) is 64.4 Å². The summed E-state index contributed by atoms with van der Waals surface area (Å²) in [6, 6.07) is 20.2. The van der Waals surface area contributed by atoms with E-state index in [2.05, 4.69) is 17.0 Å². The van der Waals surface area contributed by atoms with Gasteiger partial charge in [-0.25, -0.2) is 0 Å². The standard InChI is InChI=1S/C25H29N3O2/c29-24(14-13-21-8-3-1-4-9-21)28-15-7-10-22(20-28)25(30)27-18-16-26(17-19-27)23-11-5-2-6-12-23/h1-6,8-9,11-14,22H,7,10,15-20H2/b14-13+/t22-/m0/s1. The Hall–Kier alpha value is -3.08. The lowest BCUT2D eigenvalue weighted by molar-refractivity contribution is -0.139. The second-order valence-corrected chi connectivity index (χ2v) is 8.02. The summed E-state index contributed by atoms with van der Waals surface area (Å²) in [6.07, 6.45) is 5.21. The van der Waals surface area contributed by atoms with Crippen LogP contribution < -0.4 is 4.90 Å². The number of anilines is 1.